The molecule has 0 aliphatic carbocycles. The number of rotatable bonds is 3. The normalized spacial score (nSPS) is 18.8. The predicted molar refractivity (Wildman–Crippen MR) is 71.8 cm³/mol. The van der Waals surface area contributed by atoms with Gasteiger partial charge < -0.3 is 9.64 Å². The minimum absolute atomic E-state index is 0.0398. The Kier molecular flexibility index (Phi) is 4.19. The zero-order valence-corrected chi connectivity index (χ0v) is 11.9. The van der Waals surface area contributed by atoms with E-state index in [1.807, 2.05) is 0 Å². The topological polar surface area (TPSA) is 46.6 Å². The van der Waals surface area contributed by atoms with E-state index in [-0.39, 0.29) is 22.7 Å². The maximum atomic E-state index is 13.9. The Bertz CT molecular complexity index is 521. The summed E-state index contributed by atoms with van der Waals surface area (Å²) in [6, 6.07) is 4.43. The van der Waals surface area contributed by atoms with Crippen LogP contribution in [0.15, 0.2) is 18.2 Å². The van der Waals surface area contributed by atoms with E-state index in [0.29, 0.717) is 18.7 Å². The van der Waals surface area contributed by atoms with Crippen LogP contribution in [0.4, 0.5) is 10.1 Å². The molecule has 0 aromatic heterocycles. The molecule has 102 valence electrons. The Morgan fingerprint density at radius 3 is 2.84 bits per heavy atom. The summed E-state index contributed by atoms with van der Waals surface area (Å²) in [7, 11) is 1.26. The summed E-state index contributed by atoms with van der Waals surface area (Å²) in [4.78, 5) is 24.4. The van der Waals surface area contributed by atoms with Gasteiger partial charge in [-0.25, -0.2) is 4.39 Å². The lowest BCUT2D eigenvalue weighted by Crippen LogP contribution is -2.24. The molecule has 2 rings (SSSR count). The van der Waals surface area contributed by atoms with Crippen molar-refractivity contribution in [2.45, 2.75) is 17.7 Å². The molecule has 1 unspecified atom stereocenters. The van der Waals surface area contributed by atoms with Crippen LogP contribution in [0.25, 0.3) is 0 Å². The highest BCUT2D eigenvalue weighted by Crippen LogP contribution is 2.26. The van der Waals surface area contributed by atoms with E-state index in [0.717, 1.165) is 0 Å². The van der Waals surface area contributed by atoms with Gasteiger partial charge in [-0.05, 0) is 17.7 Å². The van der Waals surface area contributed by atoms with Crippen LogP contribution < -0.4 is 4.90 Å². The first-order chi connectivity index (χ1) is 9.01. The largest absolute Gasteiger partial charge is 0.469 e. The molecule has 0 N–H and O–H groups in total. The summed E-state index contributed by atoms with van der Waals surface area (Å²) < 4.78 is 18.4. The fourth-order valence-corrected chi connectivity index (χ4v) is 2.56. The van der Waals surface area contributed by atoms with E-state index >= 15 is 0 Å². The molecule has 0 bridgehead atoms. The van der Waals surface area contributed by atoms with E-state index in [1.54, 1.807) is 6.07 Å². The number of carbonyl (C=O) groups excluding carboxylic acids is 2. The number of amides is 1. The third-order valence-corrected chi connectivity index (χ3v) is 3.60. The predicted octanol–water partition coefficient (Wildman–Crippen LogP) is 2.04. The summed E-state index contributed by atoms with van der Waals surface area (Å²) >= 11 is 3.37. The van der Waals surface area contributed by atoms with Crippen molar-refractivity contribution in [2.75, 3.05) is 18.6 Å². The number of anilines is 1. The molecule has 4 nitrogen and oxygen atoms in total. The van der Waals surface area contributed by atoms with Crippen molar-refractivity contribution in [1.82, 2.24) is 0 Å². The molecule has 6 heteroatoms. The second kappa shape index (κ2) is 5.69. The number of hydrogen-bond donors (Lipinski definition) is 0. The monoisotopic (exact) mass is 329 g/mol. The van der Waals surface area contributed by atoms with Crippen molar-refractivity contribution in [2.24, 2.45) is 0 Å². The Morgan fingerprint density at radius 1 is 1.58 bits per heavy atom. The van der Waals surface area contributed by atoms with Gasteiger partial charge >= 0.3 is 5.97 Å². The van der Waals surface area contributed by atoms with Crippen LogP contribution in [-0.4, -0.2) is 30.4 Å². The first kappa shape index (κ1) is 14.0. The van der Waals surface area contributed by atoms with Gasteiger partial charge in [-0.3, -0.25) is 9.59 Å². The van der Waals surface area contributed by atoms with Crippen molar-refractivity contribution in [1.29, 1.82) is 0 Å². The minimum Gasteiger partial charge on any atom is -0.469 e. The van der Waals surface area contributed by atoms with Crippen LogP contribution in [0.2, 0.25) is 0 Å². The van der Waals surface area contributed by atoms with Gasteiger partial charge in [-0.2, -0.15) is 0 Å². The third-order valence-electron chi connectivity index (χ3n) is 2.99. The molecule has 1 aliphatic rings. The highest BCUT2D eigenvalue weighted by atomic mass is 79.9. The number of esters is 1. The number of halogens is 2. The maximum Gasteiger partial charge on any atom is 0.310 e. The fraction of sp³-hybridized carbons (Fsp3) is 0.385. The second-order valence-corrected chi connectivity index (χ2v) is 5.63. The van der Waals surface area contributed by atoms with Gasteiger partial charge in [-0.15, -0.1) is 0 Å². The van der Waals surface area contributed by atoms with Gasteiger partial charge in [0, 0.05) is 23.5 Å². The molecule has 0 saturated carbocycles. The van der Waals surface area contributed by atoms with Crippen molar-refractivity contribution >= 4 is 33.5 Å². The van der Waals surface area contributed by atoms with Gasteiger partial charge in [0.15, 0.2) is 0 Å². The van der Waals surface area contributed by atoms with Crippen LogP contribution in [0.5, 0.6) is 0 Å². The summed E-state index contributed by atoms with van der Waals surface area (Å²) in [5, 5.41) is 0. The second-order valence-electron chi connectivity index (χ2n) is 4.33. The molecule has 19 heavy (non-hydrogen) atoms. The lowest BCUT2D eigenvalue weighted by molar-refractivity contribution is -0.139. The Hall–Kier alpha value is -1.43. The molecule has 0 radical (unpaired) electrons. The van der Waals surface area contributed by atoms with E-state index in [4.69, 9.17) is 0 Å². The van der Waals surface area contributed by atoms with E-state index < -0.39 is 11.8 Å². The molecule has 1 heterocycles. The van der Waals surface area contributed by atoms with E-state index in [2.05, 4.69) is 20.7 Å². The Morgan fingerprint density at radius 2 is 2.32 bits per heavy atom. The van der Waals surface area contributed by atoms with Gasteiger partial charge in [0.25, 0.3) is 0 Å². The Balaban J connectivity index is 2.19. The molecule has 1 saturated heterocycles. The lowest BCUT2D eigenvalue weighted by Gasteiger charge is -2.16. The summed E-state index contributed by atoms with van der Waals surface area (Å²) in [5.74, 6) is -1.04. The van der Waals surface area contributed by atoms with Crippen molar-refractivity contribution in [3.63, 3.8) is 0 Å². The zero-order valence-electron chi connectivity index (χ0n) is 10.4. The number of nitrogens with zero attached hydrogens (tertiary/aromatic N) is 1. The smallest absolute Gasteiger partial charge is 0.310 e. The molecule has 1 aromatic carbocycles. The summed E-state index contributed by atoms with van der Waals surface area (Å²) in [6.45, 7) is 0.522. The van der Waals surface area contributed by atoms with Gasteiger partial charge in [0.1, 0.15) is 5.82 Å². The first-order valence-electron chi connectivity index (χ1n) is 5.81. The van der Waals surface area contributed by atoms with Crippen molar-refractivity contribution in [3.8, 4) is 0 Å². The lowest BCUT2D eigenvalue weighted by atomic mass is 10.1. The first-order valence-corrected chi connectivity index (χ1v) is 6.72. The van der Waals surface area contributed by atoms with Crippen molar-refractivity contribution in [3.05, 3.63) is 29.6 Å². The zero-order chi connectivity index (χ0) is 14.0. The molecular formula is C13H13BrFNO3. The fourth-order valence-electron chi connectivity index (χ4n) is 1.99. The molecule has 1 amide bonds. The average Bonchev–Trinajstić information content (AvgIpc) is 2.71. The number of carbonyl (C=O) groups is 2. The molecule has 1 fully saturated rings. The SMILES string of the molecule is COC(=O)Cc1ccc(N2CC(Br)CC2=O)cc1F. The van der Waals surface area contributed by atoms with Crippen LogP contribution in [0, 0.1) is 5.82 Å². The quantitative estimate of drug-likeness (QED) is 0.629. The molecule has 1 aliphatic heterocycles. The van der Waals surface area contributed by atoms with Gasteiger partial charge in [-0.1, -0.05) is 22.0 Å². The average molecular weight is 330 g/mol. The maximum absolute atomic E-state index is 13.9. The highest BCUT2D eigenvalue weighted by Gasteiger charge is 2.29. The van der Waals surface area contributed by atoms with Crippen LogP contribution >= 0.6 is 15.9 Å². The van der Waals surface area contributed by atoms with Gasteiger partial charge in [0.2, 0.25) is 5.91 Å². The van der Waals surface area contributed by atoms with Crippen LogP contribution in [-0.2, 0) is 20.7 Å². The minimum atomic E-state index is -0.506. The van der Waals surface area contributed by atoms with E-state index in [1.165, 1.54) is 24.1 Å². The van der Waals surface area contributed by atoms with Gasteiger partial charge in [0.05, 0.1) is 13.5 Å². The number of ether oxygens (including phenoxy) is 1. The third kappa shape index (κ3) is 3.12. The van der Waals surface area contributed by atoms with Crippen molar-refractivity contribution < 1.29 is 18.7 Å². The molecule has 1 aromatic rings. The van der Waals surface area contributed by atoms with Crippen LogP contribution in [0.3, 0.4) is 0 Å². The number of methoxy groups -OCH3 is 1. The molecule has 0 spiro atoms. The summed E-state index contributed by atoms with van der Waals surface area (Å²) in [5.41, 5.74) is 0.774. The highest BCUT2D eigenvalue weighted by molar-refractivity contribution is 9.09. The number of hydrogen-bond acceptors (Lipinski definition) is 3. The number of alkyl halides is 1. The Labute approximate surface area is 118 Å². The molecule has 1 atom stereocenters. The van der Waals surface area contributed by atoms with Crippen LogP contribution in [0.1, 0.15) is 12.0 Å². The van der Waals surface area contributed by atoms with E-state index in [9.17, 15) is 14.0 Å². The number of benzene rings is 1. The summed E-state index contributed by atoms with van der Waals surface area (Å²) in [6.07, 6.45) is 0.295. The molecular weight excluding hydrogens is 317 g/mol. The standard InChI is InChI=1S/C13H13BrFNO3/c1-19-13(18)4-8-2-3-10(6-11(8)15)16-7-9(14)5-12(16)17/h2-3,6,9H,4-5,7H2,1H3.